The van der Waals surface area contributed by atoms with Crippen molar-refractivity contribution in [2.45, 2.75) is 29.7 Å². The van der Waals surface area contributed by atoms with Crippen LogP contribution in [0.2, 0.25) is 0 Å². The third kappa shape index (κ3) is 6.50. The number of hydrogen-bond acceptors (Lipinski definition) is 9. The largest absolute Gasteiger partial charge is 1.00 e. The molecule has 186 valence electrons. The molecular formula is C23H20N5NaO6S2. The van der Waals surface area contributed by atoms with Gasteiger partial charge in [-0.25, -0.2) is 16.8 Å². The summed E-state index contributed by atoms with van der Waals surface area (Å²) in [6.07, 6.45) is 0. The molecule has 3 aromatic rings. The number of azo groups is 1. The van der Waals surface area contributed by atoms with Gasteiger partial charge in [-0.3, -0.25) is 9.52 Å². The maximum absolute atomic E-state index is 12.9. The Kier molecular flexibility index (Phi) is 8.67. The zero-order valence-corrected chi connectivity index (χ0v) is 23.7. The first-order valence-electron chi connectivity index (χ1n) is 10.5. The van der Waals surface area contributed by atoms with Crippen LogP contribution in [0.3, 0.4) is 0 Å². The third-order valence-electron chi connectivity index (χ3n) is 5.26. The van der Waals surface area contributed by atoms with Gasteiger partial charge in [-0.15, -0.1) is 0 Å². The van der Waals surface area contributed by atoms with Gasteiger partial charge in [-0.05, 0) is 67.9 Å². The van der Waals surface area contributed by atoms with Crippen molar-refractivity contribution in [2.24, 2.45) is 15.3 Å². The molecule has 0 saturated heterocycles. The van der Waals surface area contributed by atoms with Gasteiger partial charge < -0.3 is 4.55 Å². The van der Waals surface area contributed by atoms with Crippen LogP contribution in [0, 0.1) is 6.92 Å². The summed E-state index contributed by atoms with van der Waals surface area (Å²) in [7, 11) is -8.73. The number of benzene rings is 3. The van der Waals surface area contributed by atoms with Crippen molar-refractivity contribution >= 4 is 48.8 Å². The Balaban J connectivity index is 0.00000380. The number of carbonyl (C=O) groups excluding carboxylic acids is 1. The average molecular weight is 550 g/mol. The number of hydrogen-bond donors (Lipinski definition) is 1. The molecule has 1 N–H and O–H groups in total. The van der Waals surface area contributed by atoms with Gasteiger partial charge in [0, 0.05) is 5.69 Å². The van der Waals surface area contributed by atoms with Gasteiger partial charge >= 0.3 is 29.6 Å². The Morgan fingerprint density at radius 2 is 1.54 bits per heavy atom. The van der Waals surface area contributed by atoms with Crippen LogP contribution in [0.4, 0.5) is 17.1 Å². The summed E-state index contributed by atoms with van der Waals surface area (Å²) in [5.74, 6) is -0.380. The Morgan fingerprint density at radius 3 is 2.16 bits per heavy atom. The van der Waals surface area contributed by atoms with Gasteiger partial charge in [0.15, 0.2) is 6.04 Å². The molecule has 1 atom stereocenters. The number of anilines is 2. The molecule has 37 heavy (non-hydrogen) atoms. The van der Waals surface area contributed by atoms with Crippen molar-refractivity contribution in [3.05, 3.63) is 78.4 Å². The minimum Gasteiger partial charge on any atom is -0.744 e. The number of nitrogens with one attached hydrogen (secondary N) is 1. The van der Waals surface area contributed by atoms with Gasteiger partial charge in [0.1, 0.15) is 10.1 Å². The first kappa shape index (κ1) is 28.6. The van der Waals surface area contributed by atoms with E-state index in [1.54, 1.807) is 44.2 Å². The van der Waals surface area contributed by atoms with Gasteiger partial charge in [0.05, 0.1) is 26.9 Å². The van der Waals surface area contributed by atoms with Crippen molar-refractivity contribution in [1.29, 1.82) is 0 Å². The molecule has 14 heteroatoms. The minimum absolute atomic E-state index is 0. The quantitative estimate of drug-likeness (QED) is 0.258. The molecule has 0 aliphatic carbocycles. The third-order valence-corrected chi connectivity index (χ3v) is 7.49. The van der Waals surface area contributed by atoms with E-state index in [1.807, 2.05) is 6.07 Å². The van der Waals surface area contributed by atoms with E-state index in [1.165, 1.54) is 29.3 Å². The van der Waals surface area contributed by atoms with Crippen molar-refractivity contribution < 1.29 is 55.7 Å². The fourth-order valence-electron chi connectivity index (χ4n) is 3.33. The van der Waals surface area contributed by atoms with Crippen LogP contribution in [0.15, 0.2) is 97.9 Å². The zero-order chi connectivity index (χ0) is 26.1. The van der Waals surface area contributed by atoms with Crippen LogP contribution in [0.25, 0.3) is 0 Å². The van der Waals surface area contributed by atoms with Crippen molar-refractivity contribution in [3.8, 4) is 0 Å². The SMILES string of the molecule is CC1=NN(c2ccccc2)C(=O)C1N=Nc1cc(S(=O)(=O)Nc2ccc(S(=O)(=O)[O-])cc2)ccc1C.[Na+]. The van der Waals surface area contributed by atoms with Gasteiger partial charge in [0.2, 0.25) is 0 Å². The average Bonchev–Trinajstić information content (AvgIpc) is 3.11. The number of carbonyl (C=O) groups is 1. The number of rotatable bonds is 7. The Bertz CT molecular complexity index is 1590. The summed E-state index contributed by atoms with van der Waals surface area (Å²) in [6.45, 7) is 3.37. The standard InChI is InChI=1S/C23H21N5O6S2.Na/c1-15-8-11-20(35(30,31)27-17-9-12-19(13-10-17)36(32,33)34)14-21(15)24-25-22-16(2)26-28(23(22)29)18-6-4-3-5-7-18;/h3-14,22,27H,1-2H3,(H,32,33,34);/q;+1/p-1. The van der Waals surface area contributed by atoms with E-state index in [-0.39, 0.29) is 51.7 Å². The van der Waals surface area contributed by atoms with Gasteiger partial charge in [-0.1, -0.05) is 24.3 Å². The summed E-state index contributed by atoms with van der Waals surface area (Å²) in [4.78, 5) is 12.2. The van der Waals surface area contributed by atoms with E-state index in [9.17, 15) is 26.2 Å². The van der Waals surface area contributed by atoms with Crippen molar-refractivity contribution in [1.82, 2.24) is 0 Å². The van der Waals surface area contributed by atoms with Gasteiger partial charge in [-0.2, -0.15) is 20.3 Å². The van der Waals surface area contributed by atoms with E-state index in [4.69, 9.17) is 0 Å². The van der Waals surface area contributed by atoms with Crippen LogP contribution in [0.5, 0.6) is 0 Å². The molecule has 1 unspecified atom stereocenters. The van der Waals surface area contributed by atoms with E-state index in [0.717, 1.165) is 12.1 Å². The number of sulfonamides is 1. The van der Waals surface area contributed by atoms with E-state index in [2.05, 4.69) is 20.1 Å². The number of nitrogens with zero attached hydrogens (tertiary/aromatic N) is 4. The molecular weight excluding hydrogens is 529 g/mol. The molecule has 0 bridgehead atoms. The summed E-state index contributed by atoms with van der Waals surface area (Å²) < 4.78 is 61.2. The van der Waals surface area contributed by atoms with E-state index >= 15 is 0 Å². The minimum atomic E-state index is -4.65. The molecule has 0 spiro atoms. The maximum atomic E-state index is 12.9. The molecule has 1 amide bonds. The van der Waals surface area contributed by atoms with Crippen molar-refractivity contribution in [3.63, 3.8) is 0 Å². The van der Waals surface area contributed by atoms with Crippen LogP contribution < -0.4 is 39.3 Å². The topological polar surface area (TPSA) is 161 Å². The molecule has 1 aliphatic rings. The molecule has 0 aromatic heterocycles. The fraction of sp³-hybridized carbons (Fsp3) is 0.130. The Labute approximate surface area is 236 Å². The summed E-state index contributed by atoms with van der Waals surface area (Å²) in [5.41, 5.74) is 1.97. The second kappa shape index (κ2) is 11.2. The second-order valence-corrected chi connectivity index (χ2v) is 10.9. The molecule has 0 saturated carbocycles. The second-order valence-electron chi connectivity index (χ2n) is 7.88. The smallest absolute Gasteiger partial charge is 0.744 e. The summed E-state index contributed by atoms with van der Waals surface area (Å²) in [5, 5.41) is 13.8. The predicted molar refractivity (Wildman–Crippen MR) is 132 cm³/mol. The number of aryl methyl sites for hydroxylation is 1. The molecule has 0 radical (unpaired) electrons. The maximum Gasteiger partial charge on any atom is 1.00 e. The Hall–Kier alpha value is -2.94. The number of hydrazone groups is 1. The van der Waals surface area contributed by atoms with E-state index < -0.39 is 31.1 Å². The van der Waals surface area contributed by atoms with Gasteiger partial charge in [0.25, 0.3) is 15.9 Å². The van der Waals surface area contributed by atoms with Crippen LogP contribution in [-0.2, 0) is 24.9 Å². The molecule has 4 rings (SSSR count). The fourth-order valence-corrected chi connectivity index (χ4v) is 4.88. The van der Waals surface area contributed by atoms with E-state index in [0.29, 0.717) is 17.0 Å². The molecule has 1 heterocycles. The Morgan fingerprint density at radius 1 is 0.919 bits per heavy atom. The van der Waals surface area contributed by atoms with Crippen LogP contribution in [0.1, 0.15) is 12.5 Å². The monoisotopic (exact) mass is 549 g/mol. The molecule has 1 aliphatic heterocycles. The first-order chi connectivity index (χ1) is 17.0. The van der Waals surface area contributed by atoms with Crippen molar-refractivity contribution in [2.75, 3.05) is 9.73 Å². The first-order valence-corrected chi connectivity index (χ1v) is 13.4. The normalized spacial score (nSPS) is 16.0. The number of amides is 1. The molecule has 0 fully saturated rings. The molecule has 3 aromatic carbocycles. The predicted octanol–water partition coefficient (Wildman–Crippen LogP) is 0.579. The van der Waals surface area contributed by atoms with Crippen LogP contribution >= 0.6 is 0 Å². The van der Waals surface area contributed by atoms with Crippen LogP contribution in [-0.4, -0.2) is 39.0 Å². The summed E-state index contributed by atoms with van der Waals surface area (Å²) >= 11 is 0. The summed E-state index contributed by atoms with van der Waals surface area (Å²) in [6, 6.07) is 16.5. The number of para-hydroxylation sites is 1. The zero-order valence-electron chi connectivity index (χ0n) is 20.1. The molecule has 11 nitrogen and oxygen atoms in total.